The third-order valence-electron chi connectivity index (χ3n) is 5.35. The second-order valence-corrected chi connectivity index (χ2v) is 10.1. The fourth-order valence-electron chi connectivity index (χ4n) is 3.62. The van der Waals surface area contributed by atoms with Crippen molar-refractivity contribution in [3.8, 4) is 0 Å². The van der Waals surface area contributed by atoms with Crippen LogP contribution < -0.4 is 11.1 Å². The maximum Gasteiger partial charge on any atom is 0.471 e. The van der Waals surface area contributed by atoms with E-state index in [1.165, 1.54) is 24.4 Å². The Morgan fingerprint density at radius 3 is 2.41 bits per heavy atom. The Morgan fingerprint density at radius 2 is 1.81 bits per heavy atom. The Morgan fingerprint density at radius 1 is 1.11 bits per heavy atom. The molecule has 0 aliphatic rings. The number of alkyl halides is 3. The number of nitrogens with one attached hydrogen (secondary N) is 1. The van der Waals surface area contributed by atoms with Crippen LogP contribution in [-0.2, 0) is 22.6 Å². The largest absolute Gasteiger partial charge is 0.471 e. The van der Waals surface area contributed by atoms with Crippen molar-refractivity contribution in [2.24, 2.45) is 0 Å². The van der Waals surface area contributed by atoms with E-state index < -0.39 is 43.1 Å². The summed E-state index contributed by atoms with van der Waals surface area (Å²) in [5.41, 5.74) is 6.52. The van der Waals surface area contributed by atoms with Crippen LogP contribution in [0.5, 0.6) is 0 Å². The van der Waals surface area contributed by atoms with Gasteiger partial charge >= 0.3 is 12.1 Å². The fraction of sp³-hybridized carbons (Fsp3) is 0.292. The van der Waals surface area contributed by atoms with E-state index in [1.54, 1.807) is 30.3 Å². The van der Waals surface area contributed by atoms with E-state index in [9.17, 15) is 27.9 Å². The van der Waals surface area contributed by atoms with Crippen molar-refractivity contribution >= 4 is 51.5 Å². The molecule has 13 heteroatoms. The molecule has 0 unspecified atom stereocenters. The smallest absolute Gasteiger partial charge is 0.391 e. The molecule has 0 fully saturated rings. The number of nitrogens with two attached hydrogens (primary N) is 1. The SMILES string of the molecule is Nc1ncc(CNC(=O)[C@@H](CN(C[C@H](O)Cc2ccccc2)C(=O)C(F)(F)F)c2ccc(Cl)c(Cl)c2)s1. The first kappa shape index (κ1) is 28.7. The molecule has 3 aromatic rings. The number of benzene rings is 2. The minimum Gasteiger partial charge on any atom is -0.391 e. The van der Waals surface area contributed by atoms with Crippen molar-refractivity contribution in [3.05, 3.63) is 80.8 Å². The summed E-state index contributed by atoms with van der Waals surface area (Å²) >= 11 is 13.2. The van der Waals surface area contributed by atoms with Crippen LogP contribution in [0.2, 0.25) is 10.0 Å². The zero-order valence-electron chi connectivity index (χ0n) is 19.2. The van der Waals surface area contributed by atoms with Gasteiger partial charge in [0.15, 0.2) is 5.13 Å². The van der Waals surface area contributed by atoms with Gasteiger partial charge in [-0.25, -0.2) is 4.98 Å². The fourth-order valence-corrected chi connectivity index (χ4v) is 4.55. The maximum atomic E-state index is 13.5. The molecule has 0 saturated carbocycles. The van der Waals surface area contributed by atoms with Gasteiger partial charge in [-0.2, -0.15) is 13.2 Å². The highest BCUT2D eigenvalue weighted by molar-refractivity contribution is 7.15. The lowest BCUT2D eigenvalue weighted by atomic mass is 9.96. The highest BCUT2D eigenvalue weighted by Gasteiger charge is 2.44. The quantitative estimate of drug-likeness (QED) is 0.332. The predicted molar refractivity (Wildman–Crippen MR) is 136 cm³/mol. The Kier molecular flexibility index (Phi) is 9.77. The van der Waals surface area contributed by atoms with Gasteiger partial charge in [-0.05, 0) is 23.3 Å². The summed E-state index contributed by atoms with van der Waals surface area (Å²) in [6.07, 6.45) is -5.05. The monoisotopic (exact) mass is 574 g/mol. The molecule has 0 saturated heterocycles. The summed E-state index contributed by atoms with van der Waals surface area (Å²) in [5.74, 6) is -4.09. The minimum absolute atomic E-state index is 0.0128. The van der Waals surface area contributed by atoms with Gasteiger partial charge in [0.1, 0.15) is 0 Å². The van der Waals surface area contributed by atoms with Gasteiger partial charge < -0.3 is 21.1 Å². The Balaban J connectivity index is 1.87. The molecule has 7 nitrogen and oxygen atoms in total. The van der Waals surface area contributed by atoms with E-state index in [0.29, 0.717) is 20.5 Å². The number of hydrogen-bond donors (Lipinski definition) is 3. The van der Waals surface area contributed by atoms with Gasteiger partial charge in [0.25, 0.3) is 0 Å². The van der Waals surface area contributed by atoms with E-state index in [-0.39, 0.29) is 28.6 Å². The van der Waals surface area contributed by atoms with Crippen LogP contribution in [0.3, 0.4) is 0 Å². The van der Waals surface area contributed by atoms with Gasteiger partial charge in [0.05, 0.1) is 28.6 Å². The minimum atomic E-state index is -5.22. The van der Waals surface area contributed by atoms with Gasteiger partial charge in [0.2, 0.25) is 5.91 Å². The van der Waals surface area contributed by atoms with E-state index in [1.807, 2.05) is 0 Å². The lowest BCUT2D eigenvalue weighted by Gasteiger charge is -2.30. The first-order valence-electron chi connectivity index (χ1n) is 10.9. The molecule has 0 radical (unpaired) electrons. The van der Waals surface area contributed by atoms with Crippen molar-refractivity contribution in [1.82, 2.24) is 15.2 Å². The van der Waals surface area contributed by atoms with Crippen molar-refractivity contribution in [2.75, 3.05) is 18.8 Å². The van der Waals surface area contributed by atoms with Crippen LogP contribution in [0.25, 0.3) is 0 Å². The lowest BCUT2D eigenvalue weighted by molar-refractivity contribution is -0.187. The summed E-state index contributed by atoms with van der Waals surface area (Å²) in [6, 6.07) is 12.8. The zero-order chi connectivity index (χ0) is 27.2. The topological polar surface area (TPSA) is 109 Å². The molecule has 0 spiro atoms. The molecule has 37 heavy (non-hydrogen) atoms. The van der Waals surface area contributed by atoms with E-state index in [4.69, 9.17) is 28.9 Å². The molecule has 1 heterocycles. The number of carbonyl (C=O) groups excluding carboxylic acids is 2. The van der Waals surface area contributed by atoms with Crippen LogP contribution in [0.1, 0.15) is 21.9 Å². The molecule has 2 amide bonds. The molecule has 1 aromatic heterocycles. The summed E-state index contributed by atoms with van der Waals surface area (Å²) in [5, 5.41) is 13.7. The number of aliphatic hydroxyl groups is 1. The lowest BCUT2D eigenvalue weighted by Crippen LogP contribution is -2.48. The molecule has 3 rings (SSSR count). The third kappa shape index (κ3) is 8.32. The molecular formula is C24H23Cl2F3N4O3S. The van der Waals surface area contributed by atoms with Gasteiger partial charge in [-0.3, -0.25) is 9.59 Å². The third-order valence-corrected chi connectivity index (χ3v) is 6.91. The predicted octanol–water partition coefficient (Wildman–Crippen LogP) is 4.43. The number of rotatable bonds is 10. The number of nitrogens with zero attached hydrogens (tertiary/aromatic N) is 2. The van der Waals surface area contributed by atoms with Crippen molar-refractivity contribution in [2.45, 2.75) is 31.2 Å². The normalized spacial score (nSPS) is 13.1. The van der Waals surface area contributed by atoms with Crippen molar-refractivity contribution in [3.63, 3.8) is 0 Å². The second kappa shape index (κ2) is 12.6. The van der Waals surface area contributed by atoms with E-state index in [2.05, 4.69) is 10.3 Å². The summed E-state index contributed by atoms with van der Waals surface area (Å²) in [4.78, 5) is 30.5. The first-order valence-corrected chi connectivity index (χ1v) is 12.5. The molecule has 2 aromatic carbocycles. The standard InChI is InChI=1S/C24H23Cl2F3N4O3S/c25-19-7-6-15(9-20(19)26)18(21(35)31-10-17-11-32-23(30)37-17)13-33(22(36)24(27,28)29)12-16(34)8-14-4-2-1-3-5-14/h1-7,9,11,16,18,34H,8,10,12-13H2,(H2,30,32)(H,31,35)/t16-,18+/m1/s1. The molecule has 2 atom stereocenters. The molecule has 0 bridgehead atoms. The second-order valence-electron chi connectivity index (χ2n) is 8.16. The number of anilines is 1. The number of aromatic nitrogens is 1. The molecule has 4 N–H and O–H groups in total. The van der Waals surface area contributed by atoms with Gasteiger partial charge in [0, 0.05) is 30.6 Å². The molecule has 0 aliphatic heterocycles. The number of hydrogen-bond acceptors (Lipinski definition) is 6. The number of thiazole rings is 1. The number of amides is 2. The highest BCUT2D eigenvalue weighted by Crippen LogP contribution is 2.29. The highest BCUT2D eigenvalue weighted by atomic mass is 35.5. The summed E-state index contributed by atoms with van der Waals surface area (Å²) in [7, 11) is 0. The number of halogens is 5. The van der Waals surface area contributed by atoms with Gasteiger partial charge in [-0.15, -0.1) is 11.3 Å². The molecular weight excluding hydrogens is 552 g/mol. The van der Waals surface area contributed by atoms with E-state index in [0.717, 1.165) is 11.3 Å². The Hall–Kier alpha value is -2.86. The number of aliphatic hydroxyl groups excluding tert-OH is 1. The number of nitrogen functional groups attached to an aromatic ring is 1. The van der Waals surface area contributed by atoms with Gasteiger partial charge in [-0.1, -0.05) is 59.6 Å². The van der Waals surface area contributed by atoms with Crippen LogP contribution in [0, 0.1) is 0 Å². The van der Waals surface area contributed by atoms with Crippen LogP contribution in [0.4, 0.5) is 18.3 Å². The Labute approximate surface area is 225 Å². The average molecular weight is 575 g/mol. The zero-order valence-corrected chi connectivity index (χ0v) is 21.5. The number of carbonyl (C=O) groups is 2. The van der Waals surface area contributed by atoms with Crippen molar-refractivity contribution < 1.29 is 27.9 Å². The maximum absolute atomic E-state index is 13.5. The van der Waals surface area contributed by atoms with Crippen LogP contribution in [-0.4, -0.2) is 52.2 Å². The van der Waals surface area contributed by atoms with Crippen LogP contribution >= 0.6 is 34.5 Å². The Bertz CT molecular complexity index is 1230. The average Bonchev–Trinajstić information content (AvgIpc) is 3.26. The van der Waals surface area contributed by atoms with E-state index >= 15 is 0 Å². The summed E-state index contributed by atoms with van der Waals surface area (Å²) < 4.78 is 40.5. The summed E-state index contributed by atoms with van der Waals surface area (Å²) in [6.45, 7) is -1.29. The molecule has 0 aliphatic carbocycles. The van der Waals surface area contributed by atoms with Crippen LogP contribution in [0.15, 0.2) is 54.7 Å². The first-order chi connectivity index (χ1) is 17.4. The molecule has 198 valence electrons. The van der Waals surface area contributed by atoms with Crippen molar-refractivity contribution in [1.29, 1.82) is 0 Å².